The van der Waals surface area contributed by atoms with E-state index < -0.39 is 0 Å². The molecule has 2 aromatic heterocycles. The van der Waals surface area contributed by atoms with E-state index in [4.69, 9.17) is 11.6 Å². The zero-order chi connectivity index (χ0) is 24.1. The standard InChI is InChI=1S/C27H27N7O/c1-16(2)33-26(35)22-15-30-27(31-20-10-9-17-11-12-29-14-19(17)13-20)32-25(22)34(33)23-6-4-5-21(18-7-8-18)24(23)28-3/h4-6,9-10,13,15-16,18,29H,7-8,11-12,14H2,1-2H3,(H,30,31,32). The van der Waals surface area contributed by atoms with Crippen molar-refractivity contribution in [3.05, 3.63) is 81.1 Å². The predicted molar refractivity (Wildman–Crippen MR) is 137 cm³/mol. The highest BCUT2D eigenvalue weighted by molar-refractivity contribution is 5.80. The smallest absolute Gasteiger partial charge is 0.278 e. The first kappa shape index (κ1) is 21.6. The average Bonchev–Trinajstić information content (AvgIpc) is 3.67. The molecule has 2 aromatic carbocycles. The van der Waals surface area contributed by atoms with Gasteiger partial charge in [-0.1, -0.05) is 18.2 Å². The van der Waals surface area contributed by atoms with Gasteiger partial charge in [0.15, 0.2) is 5.65 Å². The van der Waals surface area contributed by atoms with Gasteiger partial charge in [-0.15, -0.1) is 0 Å². The highest BCUT2D eigenvalue weighted by atomic mass is 16.1. The predicted octanol–water partition coefficient (Wildman–Crippen LogP) is 4.98. The fraction of sp³-hybridized carbons (Fsp3) is 0.333. The number of hydrogen-bond donors (Lipinski definition) is 2. The Morgan fingerprint density at radius 1 is 1.20 bits per heavy atom. The second kappa shape index (κ2) is 8.36. The first-order valence-electron chi connectivity index (χ1n) is 12.2. The monoisotopic (exact) mass is 465 g/mol. The molecule has 1 fully saturated rings. The van der Waals surface area contributed by atoms with Crippen LogP contribution in [-0.2, 0) is 13.0 Å². The second-order valence-corrected chi connectivity index (χ2v) is 9.62. The van der Waals surface area contributed by atoms with Crippen molar-refractivity contribution in [3.63, 3.8) is 0 Å². The summed E-state index contributed by atoms with van der Waals surface area (Å²) in [6, 6.07) is 12.1. The summed E-state index contributed by atoms with van der Waals surface area (Å²) in [6.45, 7) is 13.7. The quantitative estimate of drug-likeness (QED) is 0.406. The summed E-state index contributed by atoms with van der Waals surface area (Å²) in [5, 5.41) is 7.16. The van der Waals surface area contributed by atoms with Crippen LogP contribution in [0.5, 0.6) is 0 Å². The summed E-state index contributed by atoms with van der Waals surface area (Å²) in [4.78, 5) is 26.5. The molecule has 0 atom stereocenters. The van der Waals surface area contributed by atoms with E-state index in [0.29, 0.717) is 34.3 Å². The van der Waals surface area contributed by atoms with Gasteiger partial charge in [0.2, 0.25) is 11.6 Å². The first-order valence-corrected chi connectivity index (χ1v) is 12.2. The van der Waals surface area contributed by atoms with Crippen molar-refractivity contribution in [3.8, 4) is 5.69 Å². The highest BCUT2D eigenvalue weighted by Gasteiger charge is 2.29. The SMILES string of the molecule is [C-]#[N+]c1c(C2CC2)cccc1-n1c2nc(Nc3ccc4c(c3)CNCC4)ncc2c(=O)n1C(C)C. The lowest BCUT2D eigenvalue weighted by Gasteiger charge is -2.18. The Balaban J connectivity index is 1.50. The molecule has 1 saturated carbocycles. The molecule has 8 nitrogen and oxygen atoms in total. The molecule has 1 aliphatic carbocycles. The maximum atomic E-state index is 13.4. The van der Waals surface area contributed by atoms with Crippen molar-refractivity contribution in [2.24, 2.45) is 0 Å². The number of nitrogens with one attached hydrogen (secondary N) is 2. The van der Waals surface area contributed by atoms with Crippen LogP contribution in [0.4, 0.5) is 17.3 Å². The Labute approximate surface area is 203 Å². The number of anilines is 2. The van der Waals surface area contributed by atoms with E-state index in [0.717, 1.165) is 43.6 Å². The van der Waals surface area contributed by atoms with Gasteiger partial charge in [-0.2, -0.15) is 4.98 Å². The van der Waals surface area contributed by atoms with Crippen LogP contribution in [0, 0.1) is 6.57 Å². The Bertz CT molecular complexity index is 1550. The van der Waals surface area contributed by atoms with E-state index in [1.54, 1.807) is 10.9 Å². The number of rotatable bonds is 5. The summed E-state index contributed by atoms with van der Waals surface area (Å²) >= 11 is 0. The molecule has 0 bridgehead atoms. The zero-order valence-electron chi connectivity index (χ0n) is 19.9. The minimum atomic E-state index is -0.158. The highest BCUT2D eigenvalue weighted by Crippen LogP contribution is 2.46. The van der Waals surface area contributed by atoms with Gasteiger partial charge in [0.1, 0.15) is 5.39 Å². The van der Waals surface area contributed by atoms with Gasteiger partial charge in [-0.25, -0.2) is 19.2 Å². The van der Waals surface area contributed by atoms with E-state index in [9.17, 15) is 4.79 Å². The molecule has 176 valence electrons. The molecule has 35 heavy (non-hydrogen) atoms. The van der Waals surface area contributed by atoms with Crippen LogP contribution in [0.1, 0.15) is 55.3 Å². The fourth-order valence-electron chi connectivity index (χ4n) is 5.01. The van der Waals surface area contributed by atoms with Crippen molar-refractivity contribution in [2.75, 3.05) is 11.9 Å². The summed E-state index contributed by atoms with van der Waals surface area (Å²) in [5.41, 5.74) is 6.21. The lowest BCUT2D eigenvalue weighted by molar-refractivity contribution is 0.476. The molecule has 8 heteroatoms. The topological polar surface area (TPSA) is 81.1 Å². The maximum absolute atomic E-state index is 13.4. The zero-order valence-corrected chi connectivity index (χ0v) is 19.9. The normalized spacial score (nSPS) is 15.3. The van der Waals surface area contributed by atoms with E-state index >= 15 is 0 Å². The van der Waals surface area contributed by atoms with Crippen molar-refractivity contribution >= 4 is 28.4 Å². The maximum Gasteiger partial charge on any atom is 0.278 e. The largest absolute Gasteiger partial charge is 0.324 e. The second-order valence-electron chi connectivity index (χ2n) is 9.62. The number of hydrogen-bond acceptors (Lipinski definition) is 5. The third-order valence-corrected chi connectivity index (χ3v) is 6.86. The molecule has 0 radical (unpaired) electrons. The molecular weight excluding hydrogens is 438 g/mol. The molecule has 0 unspecified atom stereocenters. The minimum Gasteiger partial charge on any atom is -0.324 e. The minimum absolute atomic E-state index is 0.121. The van der Waals surface area contributed by atoms with Gasteiger partial charge in [0.05, 0.1) is 12.3 Å². The summed E-state index contributed by atoms with van der Waals surface area (Å²) in [6.07, 6.45) is 4.81. The number of benzene rings is 2. The Morgan fingerprint density at radius 3 is 2.83 bits per heavy atom. The third-order valence-electron chi connectivity index (χ3n) is 6.86. The van der Waals surface area contributed by atoms with Crippen molar-refractivity contribution in [1.29, 1.82) is 0 Å². The molecule has 6 rings (SSSR count). The molecule has 1 aliphatic heterocycles. The van der Waals surface area contributed by atoms with E-state index in [2.05, 4.69) is 32.6 Å². The number of fused-ring (bicyclic) bond motifs is 2. The van der Waals surface area contributed by atoms with Gasteiger partial charge in [0, 0.05) is 24.5 Å². The van der Waals surface area contributed by atoms with Gasteiger partial charge in [0.25, 0.3) is 5.56 Å². The Kier molecular flexibility index (Phi) is 5.15. The summed E-state index contributed by atoms with van der Waals surface area (Å²) < 4.78 is 3.49. The molecule has 3 heterocycles. The summed E-state index contributed by atoms with van der Waals surface area (Å²) in [7, 11) is 0. The summed E-state index contributed by atoms with van der Waals surface area (Å²) in [5.74, 6) is 0.837. The van der Waals surface area contributed by atoms with Crippen LogP contribution in [0.3, 0.4) is 0 Å². The Hall–Kier alpha value is -3.96. The van der Waals surface area contributed by atoms with Crippen LogP contribution in [0.25, 0.3) is 21.6 Å². The molecule has 0 saturated heterocycles. The van der Waals surface area contributed by atoms with Crippen molar-refractivity contribution < 1.29 is 0 Å². The molecule has 2 N–H and O–H groups in total. The molecular formula is C27H27N7O. The van der Waals surface area contributed by atoms with Gasteiger partial charge >= 0.3 is 0 Å². The molecule has 0 spiro atoms. The number of nitrogens with zero attached hydrogens (tertiary/aromatic N) is 5. The van der Waals surface area contributed by atoms with Crippen molar-refractivity contribution in [1.82, 2.24) is 24.6 Å². The van der Waals surface area contributed by atoms with E-state index in [-0.39, 0.29) is 11.6 Å². The Morgan fingerprint density at radius 2 is 2.06 bits per heavy atom. The fourth-order valence-corrected chi connectivity index (χ4v) is 5.01. The van der Waals surface area contributed by atoms with Gasteiger partial charge in [-0.05, 0) is 80.5 Å². The van der Waals surface area contributed by atoms with Crippen LogP contribution < -0.4 is 16.2 Å². The molecule has 0 amide bonds. The van der Waals surface area contributed by atoms with Crippen LogP contribution >= 0.6 is 0 Å². The molecule has 4 aromatic rings. The molecule has 2 aliphatic rings. The third kappa shape index (κ3) is 3.69. The lowest BCUT2D eigenvalue weighted by Crippen LogP contribution is -2.24. The van der Waals surface area contributed by atoms with Gasteiger partial charge in [-0.3, -0.25) is 4.79 Å². The average molecular weight is 466 g/mol. The van der Waals surface area contributed by atoms with Crippen LogP contribution in [0.2, 0.25) is 0 Å². The number of aromatic nitrogens is 4. The van der Waals surface area contributed by atoms with E-state index in [1.807, 2.05) is 42.8 Å². The van der Waals surface area contributed by atoms with Crippen LogP contribution in [0.15, 0.2) is 47.4 Å². The lowest BCUT2D eigenvalue weighted by atomic mass is 10.0. The van der Waals surface area contributed by atoms with E-state index in [1.165, 1.54) is 11.1 Å². The number of para-hydroxylation sites is 1. The van der Waals surface area contributed by atoms with Gasteiger partial charge < -0.3 is 10.6 Å². The van der Waals surface area contributed by atoms with Crippen LogP contribution in [-0.4, -0.2) is 25.9 Å². The van der Waals surface area contributed by atoms with Crippen molar-refractivity contribution in [2.45, 2.75) is 51.6 Å². The first-order chi connectivity index (χ1) is 17.0.